The van der Waals surface area contributed by atoms with Gasteiger partial charge in [0, 0.05) is 17.0 Å². The largest absolute Gasteiger partial charge is 0.436 e. The van der Waals surface area contributed by atoms with Crippen LogP contribution in [0.4, 0.5) is 13.2 Å². The lowest BCUT2D eigenvalue weighted by Crippen LogP contribution is -2.54. The maximum Gasteiger partial charge on any atom is 0.256 e. The Morgan fingerprint density at radius 3 is 2.67 bits per heavy atom. The molecule has 0 amide bonds. The van der Waals surface area contributed by atoms with Crippen molar-refractivity contribution in [2.24, 2.45) is 22.1 Å². The lowest BCUT2D eigenvalue weighted by molar-refractivity contribution is -0.0657. The first-order valence-corrected chi connectivity index (χ1v) is 9.87. The summed E-state index contributed by atoms with van der Waals surface area (Å²) in [5, 5.41) is 0. The molecule has 2 aliphatic heterocycles. The number of pyridine rings is 1. The van der Waals surface area contributed by atoms with Gasteiger partial charge in [-0.15, -0.1) is 0 Å². The van der Waals surface area contributed by atoms with Crippen LogP contribution in [0.3, 0.4) is 0 Å². The Hall–Kier alpha value is -2.61. The summed E-state index contributed by atoms with van der Waals surface area (Å²) in [6.07, 6.45) is 2.31. The van der Waals surface area contributed by atoms with Gasteiger partial charge in [0.25, 0.3) is 5.88 Å². The molecule has 4 rings (SSSR count). The molecule has 30 heavy (non-hydrogen) atoms. The van der Waals surface area contributed by atoms with Gasteiger partial charge in [0.05, 0.1) is 18.9 Å². The minimum Gasteiger partial charge on any atom is -0.436 e. The van der Waals surface area contributed by atoms with Crippen molar-refractivity contribution in [1.82, 2.24) is 4.98 Å². The van der Waals surface area contributed by atoms with Gasteiger partial charge in [0.1, 0.15) is 28.8 Å². The fourth-order valence-corrected chi connectivity index (χ4v) is 4.36. The van der Waals surface area contributed by atoms with Crippen molar-refractivity contribution < 1.29 is 22.6 Å². The number of hydrogen-bond acceptors (Lipinski definition) is 5. The molecule has 8 heteroatoms. The second kappa shape index (κ2) is 7.27. The van der Waals surface area contributed by atoms with E-state index >= 15 is 4.39 Å². The number of benzene rings is 1. The molecular formula is C22H24F3N3O2. The van der Waals surface area contributed by atoms with Gasteiger partial charge < -0.3 is 15.2 Å². The number of ether oxygens (including phenoxy) is 2. The number of hydrogen-bond donors (Lipinski definition) is 1. The van der Waals surface area contributed by atoms with Crippen LogP contribution in [0.15, 0.2) is 35.5 Å². The van der Waals surface area contributed by atoms with Gasteiger partial charge in [-0.1, -0.05) is 13.8 Å². The van der Waals surface area contributed by atoms with Gasteiger partial charge in [-0.25, -0.2) is 18.2 Å². The molecule has 0 saturated carbocycles. The van der Waals surface area contributed by atoms with Crippen molar-refractivity contribution in [3.8, 4) is 11.6 Å². The molecule has 0 radical (unpaired) electrons. The Bertz CT molecular complexity index is 1010. The summed E-state index contributed by atoms with van der Waals surface area (Å²) >= 11 is 0. The molecule has 1 fully saturated rings. The molecule has 2 aromatic rings. The van der Waals surface area contributed by atoms with Crippen LogP contribution in [-0.4, -0.2) is 23.5 Å². The Morgan fingerprint density at radius 2 is 1.93 bits per heavy atom. The SMILES string of the molecule is C[C@H]1C[C@H]2CC(C)(C)C(N)=N[C@@]2(c2cc(Oc3ncc(F)cc3F)ccc2F)CO1. The van der Waals surface area contributed by atoms with Gasteiger partial charge in [0.15, 0.2) is 5.82 Å². The minimum absolute atomic E-state index is 0.00832. The fourth-order valence-electron chi connectivity index (χ4n) is 4.36. The summed E-state index contributed by atoms with van der Waals surface area (Å²) in [5.41, 5.74) is 5.24. The lowest BCUT2D eigenvalue weighted by atomic mass is 9.65. The van der Waals surface area contributed by atoms with E-state index in [1.165, 1.54) is 18.2 Å². The van der Waals surface area contributed by atoms with Gasteiger partial charge in [0.2, 0.25) is 0 Å². The molecule has 2 aliphatic rings. The smallest absolute Gasteiger partial charge is 0.256 e. The maximum atomic E-state index is 15.0. The summed E-state index contributed by atoms with van der Waals surface area (Å²) in [6, 6.07) is 4.75. The molecule has 0 unspecified atom stereocenters. The van der Waals surface area contributed by atoms with E-state index in [1.54, 1.807) is 0 Å². The van der Waals surface area contributed by atoms with E-state index in [9.17, 15) is 8.78 Å². The first kappa shape index (κ1) is 20.7. The van der Waals surface area contributed by atoms with Crippen LogP contribution in [0.25, 0.3) is 0 Å². The standard InChI is InChI=1S/C22H24F3N3O2/c1-12-6-13-9-21(2,3)20(26)28-22(13,11-29-12)16-8-15(4-5-17(16)24)30-19-18(25)7-14(23)10-27-19/h4-5,7-8,10,12-13H,6,9,11H2,1-3H3,(H2,26,28)/t12-,13-,22-/m0/s1. The summed E-state index contributed by atoms with van der Waals surface area (Å²) in [6.45, 7) is 6.21. The van der Waals surface area contributed by atoms with Gasteiger partial charge in [-0.3, -0.25) is 4.99 Å². The van der Waals surface area contributed by atoms with E-state index in [0.717, 1.165) is 12.6 Å². The molecule has 0 spiro atoms. The van der Waals surface area contributed by atoms with E-state index in [4.69, 9.17) is 20.2 Å². The number of aromatic nitrogens is 1. The lowest BCUT2D eigenvalue weighted by Gasteiger charge is -2.50. The zero-order valence-corrected chi connectivity index (χ0v) is 17.1. The molecule has 1 aromatic carbocycles. The Labute approximate surface area is 173 Å². The third-order valence-corrected chi connectivity index (χ3v) is 6.04. The molecule has 1 saturated heterocycles. The quantitative estimate of drug-likeness (QED) is 0.783. The first-order valence-electron chi connectivity index (χ1n) is 9.87. The van der Waals surface area contributed by atoms with Crippen LogP contribution >= 0.6 is 0 Å². The van der Waals surface area contributed by atoms with Crippen LogP contribution in [-0.2, 0) is 10.3 Å². The monoisotopic (exact) mass is 419 g/mol. The third-order valence-electron chi connectivity index (χ3n) is 6.04. The van der Waals surface area contributed by atoms with Crippen molar-refractivity contribution in [2.75, 3.05) is 6.61 Å². The summed E-state index contributed by atoms with van der Waals surface area (Å²) in [5.74, 6) is -2.03. The second-order valence-corrected chi connectivity index (χ2v) is 8.75. The molecule has 2 N–H and O–H groups in total. The maximum absolute atomic E-state index is 15.0. The Balaban J connectivity index is 1.78. The summed E-state index contributed by atoms with van der Waals surface area (Å²) in [4.78, 5) is 8.39. The number of aliphatic imine (C=N–C) groups is 1. The highest BCUT2D eigenvalue weighted by atomic mass is 19.1. The first-order chi connectivity index (χ1) is 14.1. The van der Waals surface area contributed by atoms with E-state index in [2.05, 4.69) is 4.98 Å². The predicted molar refractivity (Wildman–Crippen MR) is 106 cm³/mol. The van der Waals surface area contributed by atoms with Crippen molar-refractivity contribution >= 4 is 5.84 Å². The number of rotatable bonds is 3. The van der Waals surface area contributed by atoms with Crippen molar-refractivity contribution in [2.45, 2.75) is 45.3 Å². The number of amidine groups is 1. The second-order valence-electron chi connectivity index (χ2n) is 8.75. The van der Waals surface area contributed by atoms with E-state index in [1.807, 2.05) is 20.8 Å². The minimum atomic E-state index is -0.996. The Kier molecular flexibility index (Phi) is 5.00. The number of halogens is 3. The Morgan fingerprint density at radius 1 is 1.17 bits per heavy atom. The van der Waals surface area contributed by atoms with Crippen molar-refractivity contribution in [1.29, 1.82) is 0 Å². The van der Waals surface area contributed by atoms with E-state index < -0.39 is 28.9 Å². The summed E-state index contributed by atoms with van der Waals surface area (Å²) in [7, 11) is 0. The number of nitrogens with two attached hydrogens (primary N) is 1. The molecule has 0 bridgehead atoms. The zero-order valence-electron chi connectivity index (χ0n) is 17.1. The van der Waals surface area contributed by atoms with Gasteiger partial charge in [-0.05, 0) is 43.9 Å². The zero-order chi connectivity index (χ0) is 21.7. The molecule has 1 aromatic heterocycles. The van der Waals surface area contributed by atoms with Crippen molar-refractivity contribution in [3.63, 3.8) is 0 Å². The van der Waals surface area contributed by atoms with Crippen LogP contribution in [0.2, 0.25) is 0 Å². The summed E-state index contributed by atoms with van der Waals surface area (Å²) < 4.78 is 53.5. The van der Waals surface area contributed by atoms with Crippen LogP contribution in [0.5, 0.6) is 11.6 Å². The highest BCUT2D eigenvalue weighted by Crippen LogP contribution is 2.51. The number of fused-ring (bicyclic) bond motifs is 1. The van der Waals surface area contributed by atoms with Crippen LogP contribution in [0.1, 0.15) is 39.2 Å². The fraction of sp³-hybridized carbons (Fsp3) is 0.455. The average Bonchev–Trinajstić information content (AvgIpc) is 2.66. The molecule has 160 valence electrons. The van der Waals surface area contributed by atoms with Crippen molar-refractivity contribution in [3.05, 3.63) is 53.5 Å². The highest BCUT2D eigenvalue weighted by Gasteiger charge is 2.52. The normalized spacial score (nSPS) is 27.9. The highest BCUT2D eigenvalue weighted by molar-refractivity contribution is 5.87. The molecule has 3 heterocycles. The van der Waals surface area contributed by atoms with Crippen LogP contribution < -0.4 is 10.5 Å². The topological polar surface area (TPSA) is 69.7 Å². The average molecular weight is 419 g/mol. The number of nitrogens with zero attached hydrogens (tertiary/aromatic N) is 2. The van der Waals surface area contributed by atoms with Gasteiger partial charge in [-0.2, -0.15) is 0 Å². The third kappa shape index (κ3) is 3.53. The van der Waals surface area contributed by atoms with Gasteiger partial charge >= 0.3 is 0 Å². The predicted octanol–water partition coefficient (Wildman–Crippen LogP) is 4.70. The molecule has 3 atom stereocenters. The molecule has 5 nitrogen and oxygen atoms in total. The van der Waals surface area contributed by atoms with E-state index in [-0.39, 0.29) is 35.4 Å². The molecule has 0 aliphatic carbocycles. The van der Waals surface area contributed by atoms with E-state index in [0.29, 0.717) is 18.3 Å². The van der Waals surface area contributed by atoms with Crippen LogP contribution in [0, 0.1) is 28.8 Å². The molecular weight excluding hydrogens is 395 g/mol.